The van der Waals surface area contributed by atoms with Crippen LogP contribution in [0.3, 0.4) is 0 Å². The molecule has 0 heterocycles. The van der Waals surface area contributed by atoms with Crippen LogP contribution in [-0.2, 0) is 0 Å². The summed E-state index contributed by atoms with van der Waals surface area (Å²) in [7, 11) is 0. The van der Waals surface area contributed by atoms with Gasteiger partial charge in [0.05, 0.1) is 22.7 Å². The minimum atomic E-state index is 0.603. The van der Waals surface area contributed by atoms with Crippen LogP contribution >= 0.6 is 0 Å². The van der Waals surface area contributed by atoms with Crippen molar-refractivity contribution in [2.45, 2.75) is 0 Å². The maximum absolute atomic E-state index is 5.78. The smallest absolute Gasteiger partial charge is 0.0857 e. The molecule has 0 aliphatic carbocycles. The van der Waals surface area contributed by atoms with E-state index in [1.54, 1.807) is 12.1 Å². The van der Waals surface area contributed by atoms with Crippen LogP contribution in [0.1, 0.15) is 0 Å². The molecular formula is C14H14N4. The molecule has 0 fully saturated rings. The summed E-state index contributed by atoms with van der Waals surface area (Å²) in [5.41, 5.74) is 16.1. The topological polar surface area (TPSA) is 76.8 Å². The highest BCUT2D eigenvalue weighted by Gasteiger charge is 2.04. The highest BCUT2D eigenvalue weighted by atomic mass is 14.8. The van der Waals surface area contributed by atoms with Crippen molar-refractivity contribution < 1.29 is 0 Å². The molecule has 90 valence electrons. The fourth-order valence-corrected chi connectivity index (χ4v) is 1.72. The van der Waals surface area contributed by atoms with E-state index >= 15 is 0 Å². The number of nitrogens with two attached hydrogens (primary N) is 2. The number of benzene rings is 2. The number of nitrogen functional groups attached to an aromatic ring is 2. The molecule has 0 unspecified atom stereocenters. The second kappa shape index (κ2) is 4.71. The fourth-order valence-electron chi connectivity index (χ4n) is 1.72. The molecular weight excluding hydrogens is 224 g/mol. The van der Waals surface area contributed by atoms with Gasteiger partial charge in [-0.05, 0) is 48.8 Å². The first-order chi connectivity index (χ1) is 8.65. The second-order valence-electron chi connectivity index (χ2n) is 3.86. The summed E-state index contributed by atoms with van der Waals surface area (Å²) < 4.78 is 0. The van der Waals surface area contributed by atoms with Crippen LogP contribution in [0.25, 0.3) is 11.1 Å². The quantitative estimate of drug-likeness (QED) is 0.636. The van der Waals surface area contributed by atoms with E-state index in [1.165, 1.54) is 0 Å². The molecule has 0 aliphatic rings. The molecule has 0 saturated heterocycles. The van der Waals surface area contributed by atoms with Crippen molar-refractivity contribution in [1.29, 1.82) is 0 Å². The predicted molar refractivity (Wildman–Crippen MR) is 79.1 cm³/mol. The Morgan fingerprint density at radius 3 is 1.44 bits per heavy atom. The zero-order valence-electron chi connectivity index (χ0n) is 9.93. The van der Waals surface area contributed by atoms with E-state index in [2.05, 4.69) is 23.4 Å². The van der Waals surface area contributed by atoms with Gasteiger partial charge in [0, 0.05) is 0 Å². The monoisotopic (exact) mass is 238 g/mol. The van der Waals surface area contributed by atoms with Crippen molar-refractivity contribution in [3.8, 4) is 11.1 Å². The average molecular weight is 238 g/mol. The maximum Gasteiger partial charge on any atom is 0.0857 e. The first-order valence-corrected chi connectivity index (χ1v) is 5.38. The molecule has 4 nitrogen and oxygen atoms in total. The molecule has 0 amide bonds. The molecule has 2 rings (SSSR count). The summed E-state index contributed by atoms with van der Waals surface area (Å²) in [6.07, 6.45) is 0. The summed E-state index contributed by atoms with van der Waals surface area (Å²) in [5.74, 6) is 0. The van der Waals surface area contributed by atoms with Crippen molar-refractivity contribution in [3.05, 3.63) is 36.4 Å². The lowest BCUT2D eigenvalue weighted by Gasteiger charge is -2.07. The van der Waals surface area contributed by atoms with E-state index < -0.39 is 0 Å². The molecule has 4 heteroatoms. The number of anilines is 2. The minimum Gasteiger partial charge on any atom is -0.397 e. The molecule has 0 radical (unpaired) electrons. The molecule has 0 bridgehead atoms. The maximum atomic E-state index is 5.78. The molecule has 18 heavy (non-hydrogen) atoms. The van der Waals surface area contributed by atoms with Gasteiger partial charge in [0.2, 0.25) is 0 Å². The molecule has 0 aliphatic heterocycles. The van der Waals surface area contributed by atoms with Gasteiger partial charge in [-0.25, -0.2) is 0 Å². The van der Waals surface area contributed by atoms with E-state index in [0.29, 0.717) is 22.7 Å². The summed E-state index contributed by atoms with van der Waals surface area (Å²) in [4.78, 5) is 7.76. The Labute approximate surface area is 106 Å². The SMILES string of the molecule is C=Nc1cc(-c2ccc(N)c(N=C)c2)ccc1N. The van der Waals surface area contributed by atoms with Crippen LogP contribution in [0.2, 0.25) is 0 Å². The third-order valence-corrected chi connectivity index (χ3v) is 2.73. The first kappa shape index (κ1) is 11.9. The fraction of sp³-hybridized carbons (Fsp3) is 0. The highest BCUT2D eigenvalue weighted by molar-refractivity contribution is 5.79. The van der Waals surface area contributed by atoms with Gasteiger partial charge in [0.15, 0.2) is 0 Å². The number of hydrogen-bond donors (Lipinski definition) is 2. The predicted octanol–water partition coefficient (Wildman–Crippen LogP) is 3.18. The van der Waals surface area contributed by atoms with Crippen molar-refractivity contribution in [1.82, 2.24) is 0 Å². The third kappa shape index (κ3) is 2.08. The Morgan fingerprint density at radius 2 is 1.11 bits per heavy atom. The summed E-state index contributed by atoms with van der Waals surface area (Å²) >= 11 is 0. The van der Waals surface area contributed by atoms with Gasteiger partial charge in [0.25, 0.3) is 0 Å². The standard InChI is InChI=1S/C14H14N4/c1-17-13-7-9(3-5-11(13)15)10-4-6-12(16)14(8-10)18-2/h3-8H,1-2,15-16H2. The van der Waals surface area contributed by atoms with Gasteiger partial charge in [-0.2, -0.15) is 0 Å². The molecule has 2 aromatic rings. The average Bonchev–Trinajstić information content (AvgIpc) is 2.40. The van der Waals surface area contributed by atoms with Gasteiger partial charge in [-0.3, -0.25) is 9.98 Å². The van der Waals surface area contributed by atoms with E-state index in [0.717, 1.165) is 11.1 Å². The van der Waals surface area contributed by atoms with Crippen LogP contribution in [-0.4, -0.2) is 13.4 Å². The molecule has 0 spiro atoms. The Bertz CT molecular complexity index is 562. The van der Waals surface area contributed by atoms with E-state index in [1.807, 2.05) is 24.3 Å². The van der Waals surface area contributed by atoms with E-state index in [-0.39, 0.29) is 0 Å². The van der Waals surface area contributed by atoms with Crippen molar-refractivity contribution in [2.24, 2.45) is 9.98 Å². The normalized spacial score (nSPS) is 10.0. The minimum absolute atomic E-state index is 0.603. The largest absolute Gasteiger partial charge is 0.397 e. The number of nitrogens with zero attached hydrogens (tertiary/aromatic N) is 2. The molecule has 0 aromatic heterocycles. The van der Waals surface area contributed by atoms with Gasteiger partial charge in [-0.1, -0.05) is 12.1 Å². The Morgan fingerprint density at radius 1 is 0.722 bits per heavy atom. The summed E-state index contributed by atoms with van der Waals surface area (Å²) in [5, 5.41) is 0. The summed E-state index contributed by atoms with van der Waals surface area (Å²) in [6.45, 7) is 6.99. The molecule has 4 N–H and O–H groups in total. The molecule has 0 saturated carbocycles. The number of aliphatic imine (C=N–C) groups is 2. The van der Waals surface area contributed by atoms with Crippen LogP contribution < -0.4 is 11.5 Å². The second-order valence-corrected chi connectivity index (χ2v) is 3.86. The van der Waals surface area contributed by atoms with E-state index in [9.17, 15) is 0 Å². The highest BCUT2D eigenvalue weighted by Crippen LogP contribution is 2.32. The van der Waals surface area contributed by atoms with Gasteiger partial charge in [-0.15, -0.1) is 0 Å². The van der Waals surface area contributed by atoms with Crippen LogP contribution in [0.4, 0.5) is 22.7 Å². The van der Waals surface area contributed by atoms with Crippen LogP contribution in [0, 0.1) is 0 Å². The lowest BCUT2D eigenvalue weighted by Crippen LogP contribution is -1.88. The van der Waals surface area contributed by atoms with Gasteiger partial charge >= 0.3 is 0 Å². The zero-order chi connectivity index (χ0) is 13.1. The van der Waals surface area contributed by atoms with Crippen molar-refractivity contribution in [2.75, 3.05) is 11.5 Å². The van der Waals surface area contributed by atoms with Crippen molar-refractivity contribution in [3.63, 3.8) is 0 Å². The number of hydrogen-bond acceptors (Lipinski definition) is 4. The molecule has 2 aromatic carbocycles. The molecule has 0 atom stereocenters. The lowest BCUT2D eigenvalue weighted by molar-refractivity contribution is 1.51. The zero-order valence-corrected chi connectivity index (χ0v) is 9.93. The Kier molecular flexibility index (Phi) is 3.10. The number of rotatable bonds is 3. The van der Waals surface area contributed by atoms with Crippen LogP contribution in [0.5, 0.6) is 0 Å². The summed E-state index contributed by atoms with van der Waals surface area (Å²) in [6, 6.07) is 11.2. The van der Waals surface area contributed by atoms with Crippen LogP contribution in [0.15, 0.2) is 46.4 Å². The van der Waals surface area contributed by atoms with E-state index in [4.69, 9.17) is 11.5 Å². The lowest BCUT2D eigenvalue weighted by atomic mass is 10.0. The Balaban J connectivity index is 2.54. The van der Waals surface area contributed by atoms with Crippen molar-refractivity contribution >= 4 is 36.2 Å². The Hall–Kier alpha value is -2.62. The first-order valence-electron chi connectivity index (χ1n) is 5.38. The third-order valence-electron chi connectivity index (χ3n) is 2.73. The van der Waals surface area contributed by atoms with Gasteiger partial charge < -0.3 is 11.5 Å². The van der Waals surface area contributed by atoms with Gasteiger partial charge in [0.1, 0.15) is 0 Å².